The van der Waals surface area contributed by atoms with Gasteiger partial charge in [0.2, 0.25) is 5.91 Å². The highest BCUT2D eigenvalue weighted by molar-refractivity contribution is 9.10. The van der Waals surface area contributed by atoms with Gasteiger partial charge in [0.1, 0.15) is 0 Å². The van der Waals surface area contributed by atoms with Gasteiger partial charge in [-0.2, -0.15) is 0 Å². The first-order valence-corrected chi connectivity index (χ1v) is 7.64. The van der Waals surface area contributed by atoms with Crippen LogP contribution in [-0.4, -0.2) is 10.9 Å². The molecule has 2 rings (SSSR count). The third-order valence-electron chi connectivity index (χ3n) is 2.87. The molecule has 21 heavy (non-hydrogen) atoms. The molecule has 3 nitrogen and oxygen atoms in total. The van der Waals surface area contributed by atoms with Crippen LogP contribution in [0, 0.1) is 0 Å². The van der Waals surface area contributed by atoms with E-state index in [0.717, 1.165) is 21.3 Å². The minimum absolute atomic E-state index is 0.0461. The number of amides is 1. The van der Waals surface area contributed by atoms with Crippen molar-refractivity contribution in [3.8, 4) is 0 Å². The molecule has 0 fully saturated rings. The number of halogens is 1. The molecule has 3 N–H and O–H groups in total. The Bertz CT molecular complexity index is 656. The zero-order valence-electron chi connectivity index (χ0n) is 11.3. The van der Waals surface area contributed by atoms with Gasteiger partial charge in [0.15, 0.2) is 0 Å². The van der Waals surface area contributed by atoms with E-state index in [9.17, 15) is 4.79 Å². The Morgan fingerprint density at radius 1 is 1.10 bits per heavy atom. The number of carbonyl (C=O) groups is 1. The van der Waals surface area contributed by atoms with Crippen LogP contribution in [0.15, 0.2) is 53.0 Å². The van der Waals surface area contributed by atoms with Gasteiger partial charge in [-0.05, 0) is 35.4 Å². The Labute approximate surface area is 137 Å². The van der Waals surface area contributed by atoms with E-state index in [1.54, 1.807) is 0 Å². The number of hydrogen-bond acceptors (Lipinski definition) is 2. The van der Waals surface area contributed by atoms with Crippen LogP contribution in [0.2, 0.25) is 0 Å². The fourth-order valence-corrected chi connectivity index (χ4v) is 2.56. The molecule has 0 aliphatic heterocycles. The Morgan fingerprint density at radius 2 is 1.81 bits per heavy atom. The molecule has 0 atom stereocenters. The lowest BCUT2D eigenvalue weighted by atomic mass is 10.1. The highest BCUT2D eigenvalue weighted by Crippen LogP contribution is 2.14. The summed E-state index contributed by atoms with van der Waals surface area (Å²) in [6, 6.07) is 15.2. The van der Waals surface area contributed by atoms with Crippen LogP contribution < -0.4 is 11.1 Å². The monoisotopic (exact) mass is 362 g/mol. The van der Waals surface area contributed by atoms with Gasteiger partial charge in [-0.3, -0.25) is 4.79 Å². The van der Waals surface area contributed by atoms with E-state index in [2.05, 4.69) is 21.2 Å². The van der Waals surface area contributed by atoms with Gasteiger partial charge in [-0.1, -0.05) is 52.4 Å². The summed E-state index contributed by atoms with van der Waals surface area (Å²) in [6.07, 6.45) is 0.912. The fraction of sp³-hybridized carbons (Fsp3) is 0.125. The van der Waals surface area contributed by atoms with Gasteiger partial charge in [0.25, 0.3) is 0 Å². The molecule has 2 aromatic rings. The first kappa shape index (κ1) is 15.7. The SMILES string of the molecule is NC(=S)Cc1ccc(NC(=O)Cc2cccc(Br)c2)cc1. The maximum atomic E-state index is 12.0. The minimum Gasteiger partial charge on any atom is -0.393 e. The molecule has 0 aliphatic rings. The van der Waals surface area contributed by atoms with Gasteiger partial charge in [-0.25, -0.2) is 0 Å². The first-order valence-electron chi connectivity index (χ1n) is 6.44. The average molecular weight is 363 g/mol. The van der Waals surface area contributed by atoms with Crippen molar-refractivity contribution in [3.05, 3.63) is 64.1 Å². The summed E-state index contributed by atoms with van der Waals surface area (Å²) in [7, 11) is 0. The number of thiocarbonyl (C=S) groups is 1. The molecule has 0 aromatic heterocycles. The number of nitrogens with one attached hydrogen (secondary N) is 1. The Hall–Kier alpha value is -1.72. The van der Waals surface area contributed by atoms with Crippen LogP contribution in [0.25, 0.3) is 0 Å². The van der Waals surface area contributed by atoms with Crippen molar-refractivity contribution in [2.24, 2.45) is 5.73 Å². The minimum atomic E-state index is -0.0461. The van der Waals surface area contributed by atoms with E-state index >= 15 is 0 Å². The second-order valence-electron chi connectivity index (χ2n) is 4.69. The lowest BCUT2D eigenvalue weighted by Gasteiger charge is -2.07. The zero-order valence-corrected chi connectivity index (χ0v) is 13.7. The Morgan fingerprint density at radius 3 is 2.43 bits per heavy atom. The van der Waals surface area contributed by atoms with E-state index in [-0.39, 0.29) is 5.91 Å². The number of anilines is 1. The number of carbonyl (C=O) groups excluding carboxylic acids is 1. The predicted octanol–water partition coefficient (Wildman–Crippen LogP) is 3.46. The molecule has 5 heteroatoms. The van der Waals surface area contributed by atoms with Crippen LogP contribution in [0.1, 0.15) is 11.1 Å². The maximum Gasteiger partial charge on any atom is 0.228 e. The van der Waals surface area contributed by atoms with E-state index in [1.165, 1.54) is 0 Å². The van der Waals surface area contributed by atoms with Crippen LogP contribution >= 0.6 is 28.1 Å². The van der Waals surface area contributed by atoms with E-state index in [0.29, 0.717) is 17.8 Å². The van der Waals surface area contributed by atoms with E-state index < -0.39 is 0 Å². The number of benzene rings is 2. The molecular weight excluding hydrogens is 348 g/mol. The van der Waals surface area contributed by atoms with Crippen LogP contribution in [-0.2, 0) is 17.6 Å². The summed E-state index contributed by atoms with van der Waals surface area (Å²) in [5.74, 6) is -0.0461. The molecule has 0 spiro atoms. The van der Waals surface area contributed by atoms with Crippen molar-refractivity contribution in [3.63, 3.8) is 0 Å². The topological polar surface area (TPSA) is 55.1 Å². The summed E-state index contributed by atoms with van der Waals surface area (Å²) in [5, 5.41) is 2.87. The van der Waals surface area contributed by atoms with Crippen molar-refractivity contribution < 1.29 is 4.79 Å². The molecule has 108 valence electrons. The fourth-order valence-electron chi connectivity index (χ4n) is 1.94. The van der Waals surface area contributed by atoms with Crippen molar-refractivity contribution in [1.29, 1.82) is 0 Å². The van der Waals surface area contributed by atoms with Crippen LogP contribution in [0.4, 0.5) is 5.69 Å². The molecule has 0 aliphatic carbocycles. The molecule has 0 unspecified atom stereocenters. The second kappa shape index (κ2) is 7.33. The van der Waals surface area contributed by atoms with Gasteiger partial charge in [0, 0.05) is 16.6 Å². The first-order chi connectivity index (χ1) is 10.0. The van der Waals surface area contributed by atoms with Crippen LogP contribution in [0.5, 0.6) is 0 Å². The molecule has 0 radical (unpaired) electrons. The molecule has 2 aromatic carbocycles. The zero-order chi connectivity index (χ0) is 15.2. The number of hydrogen-bond donors (Lipinski definition) is 2. The van der Waals surface area contributed by atoms with Crippen molar-refractivity contribution in [1.82, 2.24) is 0 Å². The van der Waals surface area contributed by atoms with Gasteiger partial charge < -0.3 is 11.1 Å². The predicted molar refractivity (Wildman–Crippen MR) is 93.4 cm³/mol. The maximum absolute atomic E-state index is 12.0. The smallest absolute Gasteiger partial charge is 0.228 e. The largest absolute Gasteiger partial charge is 0.393 e. The molecule has 0 saturated carbocycles. The summed E-state index contributed by atoms with van der Waals surface area (Å²) in [5.41, 5.74) is 8.26. The van der Waals surface area contributed by atoms with Crippen molar-refractivity contribution in [2.45, 2.75) is 12.8 Å². The average Bonchev–Trinajstić information content (AvgIpc) is 2.40. The summed E-state index contributed by atoms with van der Waals surface area (Å²) >= 11 is 8.26. The molecule has 0 heterocycles. The van der Waals surface area contributed by atoms with E-state index in [4.69, 9.17) is 18.0 Å². The number of nitrogens with two attached hydrogens (primary N) is 1. The second-order valence-corrected chi connectivity index (χ2v) is 6.13. The standard InChI is InChI=1S/C16H15BrN2OS/c17-13-3-1-2-12(8-13)10-16(20)19-14-6-4-11(5-7-14)9-15(18)21/h1-8H,9-10H2,(H2,18,21)(H,19,20). The van der Waals surface area contributed by atoms with E-state index in [1.807, 2.05) is 48.5 Å². The third-order valence-corrected chi connectivity index (χ3v) is 3.51. The van der Waals surface area contributed by atoms with Gasteiger partial charge in [-0.15, -0.1) is 0 Å². The van der Waals surface area contributed by atoms with Crippen molar-refractivity contribution >= 4 is 44.7 Å². The normalized spacial score (nSPS) is 10.1. The lowest BCUT2D eigenvalue weighted by Crippen LogP contribution is -2.14. The number of rotatable bonds is 5. The highest BCUT2D eigenvalue weighted by atomic mass is 79.9. The highest BCUT2D eigenvalue weighted by Gasteiger charge is 2.05. The van der Waals surface area contributed by atoms with Crippen molar-refractivity contribution in [2.75, 3.05) is 5.32 Å². The molecule has 1 amide bonds. The van der Waals surface area contributed by atoms with Gasteiger partial charge in [0.05, 0.1) is 11.4 Å². The summed E-state index contributed by atoms with van der Waals surface area (Å²) < 4.78 is 0.968. The Kier molecular flexibility index (Phi) is 5.47. The summed E-state index contributed by atoms with van der Waals surface area (Å²) in [6.45, 7) is 0. The lowest BCUT2D eigenvalue weighted by molar-refractivity contribution is -0.115. The molecule has 0 saturated heterocycles. The van der Waals surface area contributed by atoms with Crippen LogP contribution in [0.3, 0.4) is 0 Å². The molecular formula is C16H15BrN2OS. The quantitative estimate of drug-likeness (QED) is 0.800. The molecule has 0 bridgehead atoms. The van der Waals surface area contributed by atoms with Gasteiger partial charge >= 0.3 is 0 Å². The third kappa shape index (κ3) is 5.28. The summed E-state index contributed by atoms with van der Waals surface area (Å²) in [4.78, 5) is 12.4. The Balaban J connectivity index is 1.95.